The average molecular weight is 403 g/mol. The van der Waals surface area contributed by atoms with Crippen LogP contribution in [0.2, 0.25) is 0 Å². The van der Waals surface area contributed by atoms with Crippen LogP contribution in [0.5, 0.6) is 0 Å². The van der Waals surface area contributed by atoms with Crippen LogP contribution < -0.4 is 4.90 Å². The highest BCUT2D eigenvalue weighted by molar-refractivity contribution is 5.79. The maximum Gasteiger partial charge on any atom is 0.172 e. The minimum atomic E-state index is -0.562. The molecule has 0 unspecified atom stereocenters. The minimum absolute atomic E-state index is 0.0468. The molecule has 0 radical (unpaired) electrons. The van der Waals surface area contributed by atoms with Gasteiger partial charge in [0, 0.05) is 31.3 Å². The zero-order valence-electron chi connectivity index (χ0n) is 18.0. The molecule has 4 heteroatoms. The number of benzene rings is 2. The summed E-state index contributed by atoms with van der Waals surface area (Å²) in [5, 5.41) is 10.1. The summed E-state index contributed by atoms with van der Waals surface area (Å²) in [6.07, 6.45) is 4.73. The molecule has 0 saturated carbocycles. The fraction of sp³-hybridized carbons (Fsp3) is 0.500. The third-order valence-corrected chi connectivity index (χ3v) is 6.83. The molecule has 30 heavy (non-hydrogen) atoms. The first-order valence-corrected chi connectivity index (χ1v) is 11.2. The third kappa shape index (κ3) is 3.41. The lowest BCUT2D eigenvalue weighted by Crippen LogP contribution is -2.50. The molecular formula is C26H30N2O2. The van der Waals surface area contributed by atoms with Gasteiger partial charge in [0.15, 0.2) is 5.79 Å². The molecule has 5 rings (SSSR count). The Morgan fingerprint density at radius 2 is 1.70 bits per heavy atom. The first-order valence-electron chi connectivity index (χ1n) is 11.2. The predicted molar refractivity (Wildman–Crippen MR) is 118 cm³/mol. The number of nitriles is 1. The van der Waals surface area contributed by atoms with E-state index in [4.69, 9.17) is 9.47 Å². The van der Waals surface area contributed by atoms with Crippen LogP contribution in [0.3, 0.4) is 0 Å². The van der Waals surface area contributed by atoms with E-state index >= 15 is 0 Å². The molecule has 0 amide bonds. The van der Waals surface area contributed by atoms with Gasteiger partial charge in [-0.15, -0.1) is 0 Å². The highest BCUT2D eigenvalue weighted by Gasteiger charge is 2.44. The van der Waals surface area contributed by atoms with Crippen molar-refractivity contribution in [1.82, 2.24) is 0 Å². The van der Waals surface area contributed by atoms with Gasteiger partial charge in [-0.3, -0.25) is 0 Å². The summed E-state index contributed by atoms with van der Waals surface area (Å²) in [6, 6.07) is 15.4. The van der Waals surface area contributed by atoms with Gasteiger partial charge in [0.2, 0.25) is 0 Å². The van der Waals surface area contributed by atoms with Crippen LogP contribution in [0.15, 0.2) is 36.4 Å². The van der Waals surface area contributed by atoms with E-state index in [9.17, 15) is 5.26 Å². The van der Waals surface area contributed by atoms with Gasteiger partial charge in [0.25, 0.3) is 0 Å². The van der Waals surface area contributed by atoms with Crippen LogP contribution in [0.1, 0.15) is 49.8 Å². The summed E-state index contributed by atoms with van der Waals surface area (Å²) in [7, 11) is 0. The monoisotopic (exact) mass is 402 g/mol. The molecule has 1 spiro atoms. The highest BCUT2D eigenvalue weighted by atomic mass is 16.7. The van der Waals surface area contributed by atoms with Gasteiger partial charge in [0.05, 0.1) is 24.5 Å². The van der Waals surface area contributed by atoms with E-state index in [0.29, 0.717) is 19.6 Å². The summed E-state index contributed by atoms with van der Waals surface area (Å²) >= 11 is 0. The van der Waals surface area contributed by atoms with Crippen molar-refractivity contribution in [3.63, 3.8) is 0 Å². The molecule has 0 bridgehead atoms. The Morgan fingerprint density at radius 1 is 1.00 bits per heavy atom. The molecule has 2 heterocycles. The molecule has 2 fully saturated rings. The Kier molecular flexibility index (Phi) is 4.84. The standard InChI is InChI=1S/C26H30N2O2/c1-25(2)17-29-26(30-18-25)11-10-20-22(15-26)21(19-8-4-3-5-9-19)14-24(23(20)16-27)28-12-6-7-13-28/h3-5,8-9,14H,6-7,10-13,15,17-18H2,1-2H3. The van der Waals surface area contributed by atoms with E-state index in [1.807, 2.05) is 0 Å². The Hall–Kier alpha value is -2.35. The topological polar surface area (TPSA) is 45.5 Å². The second-order valence-corrected chi connectivity index (χ2v) is 9.78. The van der Waals surface area contributed by atoms with E-state index in [0.717, 1.165) is 37.2 Å². The van der Waals surface area contributed by atoms with Crippen LogP contribution in [0.25, 0.3) is 11.1 Å². The molecule has 0 aromatic heterocycles. The van der Waals surface area contributed by atoms with Crippen molar-refractivity contribution in [2.45, 2.75) is 51.7 Å². The van der Waals surface area contributed by atoms with Crippen LogP contribution in [0, 0.1) is 16.7 Å². The minimum Gasteiger partial charge on any atom is -0.370 e. The maximum absolute atomic E-state index is 10.1. The Balaban J connectivity index is 1.63. The van der Waals surface area contributed by atoms with Crippen LogP contribution in [-0.4, -0.2) is 32.1 Å². The van der Waals surface area contributed by atoms with Gasteiger partial charge in [-0.2, -0.15) is 5.26 Å². The molecule has 2 aromatic rings. The van der Waals surface area contributed by atoms with Gasteiger partial charge in [-0.1, -0.05) is 44.2 Å². The van der Waals surface area contributed by atoms with Crippen molar-refractivity contribution in [2.24, 2.45) is 5.41 Å². The van der Waals surface area contributed by atoms with Crippen molar-refractivity contribution < 1.29 is 9.47 Å². The quantitative estimate of drug-likeness (QED) is 0.702. The largest absolute Gasteiger partial charge is 0.370 e. The molecule has 156 valence electrons. The second kappa shape index (κ2) is 7.41. The number of hydrogen-bond donors (Lipinski definition) is 0. The fourth-order valence-corrected chi connectivity index (χ4v) is 5.11. The van der Waals surface area contributed by atoms with E-state index in [2.05, 4.69) is 61.2 Å². The van der Waals surface area contributed by atoms with Crippen molar-refractivity contribution in [3.05, 3.63) is 53.1 Å². The molecule has 1 aliphatic carbocycles. The van der Waals surface area contributed by atoms with E-state index < -0.39 is 5.79 Å². The van der Waals surface area contributed by atoms with Crippen molar-refractivity contribution in [3.8, 4) is 17.2 Å². The first-order chi connectivity index (χ1) is 14.5. The molecule has 2 saturated heterocycles. The lowest BCUT2D eigenvalue weighted by molar-refractivity contribution is -0.302. The average Bonchev–Trinajstić information content (AvgIpc) is 3.30. The SMILES string of the molecule is CC1(C)COC2(CCc3c(C#N)c(N4CCCC4)cc(-c4ccccc4)c3C2)OC1. The second-order valence-electron chi connectivity index (χ2n) is 9.78. The summed E-state index contributed by atoms with van der Waals surface area (Å²) in [6.45, 7) is 7.85. The zero-order chi connectivity index (χ0) is 20.8. The lowest BCUT2D eigenvalue weighted by Gasteiger charge is -2.46. The molecule has 3 aliphatic rings. The maximum atomic E-state index is 10.1. The van der Waals surface area contributed by atoms with Gasteiger partial charge in [-0.05, 0) is 47.6 Å². The normalized spacial score (nSPS) is 22.0. The van der Waals surface area contributed by atoms with Gasteiger partial charge >= 0.3 is 0 Å². The predicted octanol–water partition coefficient (Wildman–Crippen LogP) is 5.08. The molecular weight excluding hydrogens is 372 g/mol. The molecule has 0 atom stereocenters. The third-order valence-electron chi connectivity index (χ3n) is 6.83. The molecule has 0 N–H and O–H groups in total. The Labute approximate surface area is 179 Å². The summed E-state index contributed by atoms with van der Waals surface area (Å²) in [5.74, 6) is -0.562. The summed E-state index contributed by atoms with van der Waals surface area (Å²) in [4.78, 5) is 2.39. The zero-order valence-corrected chi connectivity index (χ0v) is 18.0. The van der Waals surface area contributed by atoms with Crippen LogP contribution in [-0.2, 0) is 22.3 Å². The van der Waals surface area contributed by atoms with Gasteiger partial charge in [-0.25, -0.2) is 0 Å². The molecule has 4 nitrogen and oxygen atoms in total. The summed E-state index contributed by atoms with van der Waals surface area (Å²) in [5.41, 5.74) is 6.86. The van der Waals surface area contributed by atoms with Crippen LogP contribution in [0.4, 0.5) is 5.69 Å². The number of hydrogen-bond acceptors (Lipinski definition) is 4. The van der Waals surface area contributed by atoms with Crippen molar-refractivity contribution in [2.75, 3.05) is 31.2 Å². The molecule has 2 aromatic carbocycles. The van der Waals surface area contributed by atoms with Crippen molar-refractivity contribution >= 4 is 5.69 Å². The Bertz CT molecular complexity index is 974. The van der Waals surface area contributed by atoms with Gasteiger partial charge in [0.1, 0.15) is 6.07 Å². The summed E-state index contributed by atoms with van der Waals surface area (Å²) < 4.78 is 12.7. The van der Waals surface area contributed by atoms with Gasteiger partial charge < -0.3 is 14.4 Å². The van der Waals surface area contributed by atoms with Crippen molar-refractivity contribution in [1.29, 1.82) is 5.26 Å². The smallest absolute Gasteiger partial charge is 0.172 e. The van der Waals surface area contributed by atoms with Crippen LogP contribution >= 0.6 is 0 Å². The first kappa shape index (κ1) is 19.6. The number of ether oxygens (including phenoxy) is 2. The lowest BCUT2D eigenvalue weighted by atomic mass is 9.79. The number of fused-ring (bicyclic) bond motifs is 1. The fourth-order valence-electron chi connectivity index (χ4n) is 5.11. The number of nitrogens with zero attached hydrogens (tertiary/aromatic N) is 2. The van der Waals surface area contributed by atoms with E-state index in [1.165, 1.54) is 35.1 Å². The number of rotatable bonds is 2. The molecule has 2 aliphatic heterocycles. The van der Waals surface area contributed by atoms with E-state index in [1.54, 1.807) is 0 Å². The van der Waals surface area contributed by atoms with E-state index in [-0.39, 0.29) is 5.41 Å². The number of anilines is 1. The highest BCUT2D eigenvalue weighted by Crippen LogP contribution is 2.45. The Morgan fingerprint density at radius 3 is 2.37 bits per heavy atom.